The summed E-state index contributed by atoms with van der Waals surface area (Å²) in [5.74, 6) is 1.96. The lowest BCUT2D eigenvalue weighted by molar-refractivity contribution is 0.0177. The van der Waals surface area contributed by atoms with Crippen molar-refractivity contribution in [3.63, 3.8) is 0 Å². The molecular weight excluding hydrogens is 358 g/mol. The van der Waals surface area contributed by atoms with Crippen LogP contribution in [0.25, 0.3) is 0 Å². The van der Waals surface area contributed by atoms with Crippen LogP contribution in [0.5, 0.6) is 0 Å². The molecule has 2 aromatic rings. The van der Waals surface area contributed by atoms with Crippen LogP contribution in [0, 0.1) is 13.8 Å². The number of aryl methyl sites for hydroxylation is 3. The Morgan fingerprint density at radius 2 is 2.15 bits per heavy atom. The van der Waals surface area contributed by atoms with Crippen molar-refractivity contribution in [2.24, 2.45) is 0 Å². The maximum Gasteiger partial charge on any atom is 0.255 e. The van der Waals surface area contributed by atoms with Gasteiger partial charge in [-0.1, -0.05) is 5.16 Å². The second-order valence-electron chi connectivity index (χ2n) is 6.65. The van der Waals surface area contributed by atoms with Crippen molar-refractivity contribution in [3.8, 4) is 0 Å². The van der Waals surface area contributed by atoms with Crippen LogP contribution in [-0.4, -0.2) is 57.9 Å². The minimum Gasteiger partial charge on any atom is -0.364 e. The summed E-state index contributed by atoms with van der Waals surface area (Å²) in [4.78, 5) is 8.37. The summed E-state index contributed by atoms with van der Waals surface area (Å²) in [5.41, 5.74) is 0. The molecule has 1 aliphatic heterocycles. The number of imidazole rings is 1. The van der Waals surface area contributed by atoms with E-state index in [4.69, 9.17) is 9.26 Å². The first-order valence-electron chi connectivity index (χ1n) is 8.71. The number of hydrogen-bond acceptors (Lipinski definition) is 7. The van der Waals surface area contributed by atoms with E-state index < -0.39 is 10.0 Å². The number of hydrogen-bond donors (Lipinski definition) is 0. The summed E-state index contributed by atoms with van der Waals surface area (Å²) in [6, 6.07) is 0. The molecule has 0 radical (unpaired) electrons. The molecule has 1 fully saturated rings. The molecule has 0 aromatic carbocycles. The first kappa shape index (κ1) is 19.0. The quantitative estimate of drug-likeness (QED) is 0.679. The highest BCUT2D eigenvalue weighted by Crippen LogP contribution is 2.32. The van der Waals surface area contributed by atoms with Gasteiger partial charge in [-0.25, -0.2) is 13.4 Å². The maximum atomic E-state index is 12.1. The molecule has 1 aliphatic rings. The topological polar surface area (TPSA) is 103 Å². The molecule has 26 heavy (non-hydrogen) atoms. The highest BCUT2D eigenvalue weighted by Gasteiger charge is 2.33. The lowest BCUT2D eigenvalue weighted by atomic mass is 10.2. The summed E-state index contributed by atoms with van der Waals surface area (Å²) in [6.45, 7) is 5.20. The van der Waals surface area contributed by atoms with Crippen molar-refractivity contribution >= 4 is 10.0 Å². The van der Waals surface area contributed by atoms with E-state index in [0.29, 0.717) is 31.2 Å². The molecule has 2 aromatic heterocycles. The molecular formula is C16H25N5O4S. The van der Waals surface area contributed by atoms with Gasteiger partial charge in [0.15, 0.2) is 5.82 Å². The molecule has 3 rings (SSSR count). The third kappa shape index (κ3) is 4.68. The fraction of sp³-hybridized carbons (Fsp3) is 0.688. The summed E-state index contributed by atoms with van der Waals surface area (Å²) >= 11 is 0. The molecule has 0 spiro atoms. The summed E-state index contributed by atoms with van der Waals surface area (Å²) in [5, 5.41) is 3.78. The van der Waals surface area contributed by atoms with Crippen LogP contribution < -0.4 is 0 Å². The highest BCUT2D eigenvalue weighted by molar-refractivity contribution is 7.88. The van der Waals surface area contributed by atoms with Gasteiger partial charge < -0.3 is 13.8 Å². The van der Waals surface area contributed by atoms with Crippen LogP contribution in [0.15, 0.2) is 16.9 Å². The number of aromatic nitrogens is 4. The Labute approximate surface area is 153 Å². The van der Waals surface area contributed by atoms with Crippen molar-refractivity contribution < 1.29 is 17.7 Å². The van der Waals surface area contributed by atoms with Crippen molar-refractivity contribution in [1.82, 2.24) is 24.0 Å². The molecule has 0 amide bonds. The van der Waals surface area contributed by atoms with E-state index in [1.807, 2.05) is 17.7 Å². The Morgan fingerprint density at radius 1 is 1.35 bits per heavy atom. The van der Waals surface area contributed by atoms with E-state index in [9.17, 15) is 8.42 Å². The minimum atomic E-state index is -3.30. The first-order valence-corrected chi connectivity index (χ1v) is 10.6. The summed E-state index contributed by atoms with van der Waals surface area (Å²) < 4.78 is 38.9. The number of sulfonamides is 1. The lowest BCUT2D eigenvalue weighted by Crippen LogP contribution is -2.37. The average Bonchev–Trinajstić information content (AvgIpc) is 3.27. The Bertz CT molecular complexity index is 831. The largest absolute Gasteiger partial charge is 0.364 e. The van der Waals surface area contributed by atoms with Gasteiger partial charge in [0.2, 0.25) is 10.0 Å². The average molecular weight is 383 g/mol. The lowest BCUT2D eigenvalue weighted by Gasteiger charge is -2.23. The third-order valence-electron chi connectivity index (χ3n) is 4.53. The van der Waals surface area contributed by atoms with E-state index in [-0.39, 0.29) is 12.2 Å². The first-order chi connectivity index (χ1) is 12.3. The van der Waals surface area contributed by atoms with Gasteiger partial charge in [-0.3, -0.25) is 0 Å². The van der Waals surface area contributed by atoms with Crippen molar-refractivity contribution in [2.45, 2.75) is 51.9 Å². The zero-order valence-electron chi connectivity index (χ0n) is 15.3. The number of ether oxygens (including phenoxy) is 1. The van der Waals surface area contributed by atoms with E-state index in [1.54, 1.807) is 13.1 Å². The smallest absolute Gasteiger partial charge is 0.255 e. The zero-order valence-corrected chi connectivity index (χ0v) is 16.1. The van der Waals surface area contributed by atoms with Gasteiger partial charge in [0.05, 0.1) is 12.4 Å². The second-order valence-corrected chi connectivity index (χ2v) is 8.63. The predicted molar refractivity (Wildman–Crippen MR) is 93.9 cm³/mol. The predicted octanol–water partition coefficient (Wildman–Crippen LogP) is 1.45. The van der Waals surface area contributed by atoms with Crippen LogP contribution in [0.3, 0.4) is 0 Å². The standard InChI is InChI=1S/C16H25N5O4S/c1-12-18-16(25-19-12)15-6-5-14(24-15)11-21(26(3,22)23)9-4-8-20-10-7-17-13(20)2/h7,10,14-15H,4-6,8-9,11H2,1-3H3/t14-,15+/m1/s1. The van der Waals surface area contributed by atoms with E-state index in [1.165, 1.54) is 10.6 Å². The normalized spacial score (nSPS) is 20.9. The van der Waals surface area contributed by atoms with E-state index >= 15 is 0 Å². The molecule has 0 aliphatic carbocycles. The number of nitrogens with zero attached hydrogens (tertiary/aromatic N) is 5. The van der Waals surface area contributed by atoms with Crippen LogP contribution in [0.4, 0.5) is 0 Å². The van der Waals surface area contributed by atoms with Gasteiger partial charge in [-0.2, -0.15) is 9.29 Å². The van der Waals surface area contributed by atoms with Gasteiger partial charge in [0.25, 0.3) is 5.89 Å². The SMILES string of the molecule is Cc1noc([C@@H]2CC[C@H](CN(CCCn3ccnc3C)S(C)(=O)=O)O2)n1. The van der Waals surface area contributed by atoms with Gasteiger partial charge in [-0.15, -0.1) is 0 Å². The Balaban J connectivity index is 1.54. The Morgan fingerprint density at radius 3 is 2.77 bits per heavy atom. The fourth-order valence-corrected chi connectivity index (χ4v) is 4.04. The van der Waals surface area contributed by atoms with Gasteiger partial charge in [-0.05, 0) is 33.1 Å². The summed E-state index contributed by atoms with van der Waals surface area (Å²) in [7, 11) is -3.30. The molecule has 1 saturated heterocycles. The maximum absolute atomic E-state index is 12.1. The fourth-order valence-electron chi connectivity index (χ4n) is 3.14. The molecule has 9 nitrogen and oxygen atoms in total. The van der Waals surface area contributed by atoms with Gasteiger partial charge in [0.1, 0.15) is 11.9 Å². The van der Waals surface area contributed by atoms with Gasteiger partial charge in [0, 0.05) is 32.0 Å². The van der Waals surface area contributed by atoms with Crippen molar-refractivity contribution in [3.05, 3.63) is 29.9 Å². The van der Waals surface area contributed by atoms with Crippen molar-refractivity contribution in [2.75, 3.05) is 19.3 Å². The Hall–Kier alpha value is -1.78. The van der Waals surface area contributed by atoms with Crippen LogP contribution in [0.2, 0.25) is 0 Å². The Kier molecular flexibility index (Phi) is 5.73. The molecule has 0 N–H and O–H groups in total. The third-order valence-corrected chi connectivity index (χ3v) is 5.80. The van der Waals surface area contributed by atoms with Crippen LogP contribution in [-0.2, 0) is 21.3 Å². The molecule has 0 unspecified atom stereocenters. The molecule has 0 bridgehead atoms. The second kappa shape index (κ2) is 7.85. The molecule has 0 saturated carbocycles. The monoisotopic (exact) mass is 383 g/mol. The summed E-state index contributed by atoms with van der Waals surface area (Å²) in [6.07, 6.45) is 6.68. The molecule has 3 heterocycles. The zero-order chi connectivity index (χ0) is 18.7. The molecule has 2 atom stereocenters. The van der Waals surface area contributed by atoms with E-state index in [0.717, 1.165) is 25.2 Å². The molecule has 10 heteroatoms. The highest BCUT2D eigenvalue weighted by atomic mass is 32.2. The minimum absolute atomic E-state index is 0.170. The van der Waals surface area contributed by atoms with E-state index in [2.05, 4.69) is 15.1 Å². The van der Waals surface area contributed by atoms with Crippen LogP contribution in [0.1, 0.15) is 42.9 Å². The molecule has 144 valence electrons. The van der Waals surface area contributed by atoms with Gasteiger partial charge >= 0.3 is 0 Å². The van der Waals surface area contributed by atoms with Crippen molar-refractivity contribution in [1.29, 1.82) is 0 Å². The van der Waals surface area contributed by atoms with Crippen LogP contribution >= 0.6 is 0 Å². The number of rotatable bonds is 8.